The molecule has 1 saturated heterocycles. The van der Waals surface area contributed by atoms with Crippen molar-refractivity contribution in [1.29, 1.82) is 0 Å². The highest BCUT2D eigenvalue weighted by Crippen LogP contribution is 2.31. The van der Waals surface area contributed by atoms with E-state index >= 15 is 0 Å². The average Bonchev–Trinajstić information content (AvgIpc) is 2.46. The first-order chi connectivity index (χ1) is 11.6. The summed E-state index contributed by atoms with van der Waals surface area (Å²) in [4.78, 5) is 35.3. The van der Waals surface area contributed by atoms with Crippen LogP contribution in [0.25, 0.3) is 0 Å². The maximum absolute atomic E-state index is 12.7. The van der Waals surface area contributed by atoms with Crippen molar-refractivity contribution >= 4 is 29.5 Å². The van der Waals surface area contributed by atoms with Crippen molar-refractivity contribution in [2.24, 2.45) is 0 Å². The highest BCUT2D eigenvalue weighted by molar-refractivity contribution is 6.33. The molecular formula is C14H13ClF3N3O4. The zero-order chi connectivity index (χ0) is 18.8. The van der Waals surface area contributed by atoms with Crippen LogP contribution in [0.4, 0.5) is 18.0 Å². The van der Waals surface area contributed by atoms with Crippen LogP contribution in [0.15, 0.2) is 18.2 Å². The number of carboxylic acid groups (broad SMARTS) is 1. The first kappa shape index (κ1) is 18.8. The first-order valence-electron chi connectivity index (χ1n) is 7.00. The predicted octanol–water partition coefficient (Wildman–Crippen LogP) is 1.57. The number of halogens is 4. The zero-order valence-corrected chi connectivity index (χ0v) is 13.3. The standard InChI is InChI=1S/C14H13ClF3N3O4/c15-10-2-1-7(14(16,17)18)3-9(10)12(23)19-4-11(22)20-8-5-21(6-8)13(24)25/h1-3,8H,4-6H2,(H,19,23)(H,20,22)(H,24,25). The van der Waals surface area contributed by atoms with Crippen LogP contribution in [-0.4, -0.2) is 53.6 Å². The molecule has 0 aliphatic carbocycles. The Kier molecular flexibility index (Phi) is 5.41. The van der Waals surface area contributed by atoms with E-state index in [1.165, 1.54) is 0 Å². The molecule has 1 aromatic carbocycles. The van der Waals surface area contributed by atoms with Crippen LogP contribution in [0, 0.1) is 0 Å². The molecule has 0 unspecified atom stereocenters. The molecule has 0 aromatic heterocycles. The lowest BCUT2D eigenvalue weighted by molar-refractivity contribution is -0.137. The summed E-state index contributed by atoms with van der Waals surface area (Å²) in [6.45, 7) is -0.210. The molecule has 7 nitrogen and oxygen atoms in total. The van der Waals surface area contributed by atoms with E-state index in [-0.39, 0.29) is 24.2 Å². The topological polar surface area (TPSA) is 98.7 Å². The number of amides is 3. The van der Waals surface area contributed by atoms with E-state index in [1.807, 2.05) is 0 Å². The molecule has 1 aromatic rings. The highest BCUT2D eigenvalue weighted by atomic mass is 35.5. The van der Waals surface area contributed by atoms with Crippen LogP contribution in [0.2, 0.25) is 5.02 Å². The number of hydrogen-bond acceptors (Lipinski definition) is 3. The maximum Gasteiger partial charge on any atom is 0.416 e. The predicted molar refractivity (Wildman–Crippen MR) is 80.3 cm³/mol. The molecule has 1 aliphatic heterocycles. The number of carbonyl (C=O) groups is 3. The van der Waals surface area contributed by atoms with Gasteiger partial charge in [-0.3, -0.25) is 9.59 Å². The van der Waals surface area contributed by atoms with Gasteiger partial charge in [-0.25, -0.2) is 4.79 Å². The number of carbonyl (C=O) groups excluding carboxylic acids is 2. The minimum absolute atomic E-state index is 0.133. The summed E-state index contributed by atoms with van der Waals surface area (Å²) in [6, 6.07) is 1.94. The van der Waals surface area contributed by atoms with E-state index in [0.29, 0.717) is 6.07 Å². The van der Waals surface area contributed by atoms with E-state index in [9.17, 15) is 27.6 Å². The number of benzene rings is 1. The van der Waals surface area contributed by atoms with Crippen LogP contribution in [0.1, 0.15) is 15.9 Å². The van der Waals surface area contributed by atoms with Crippen molar-refractivity contribution in [3.63, 3.8) is 0 Å². The summed E-state index contributed by atoms with van der Waals surface area (Å²) in [5, 5.41) is 13.1. The molecular weight excluding hydrogens is 367 g/mol. The van der Waals surface area contributed by atoms with Gasteiger partial charge in [0.25, 0.3) is 5.91 Å². The van der Waals surface area contributed by atoms with Crippen LogP contribution in [0.5, 0.6) is 0 Å². The summed E-state index contributed by atoms with van der Waals surface area (Å²) in [6.07, 6.45) is -5.73. The van der Waals surface area contributed by atoms with Crippen LogP contribution >= 0.6 is 11.6 Å². The van der Waals surface area contributed by atoms with Crippen molar-refractivity contribution in [3.05, 3.63) is 34.3 Å². The summed E-state index contributed by atoms with van der Waals surface area (Å²) < 4.78 is 38.0. The Morgan fingerprint density at radius 1 is 1.28 bits per heavy atom. The van der Waals surface area contributed by atoms with Gasteiger partial charge < -0.3 is 20.6 Å². The third kappa shape index (κ3) is 4.75. The summed E-state index contributed by atoms with van der Waals surface area (Å²) >= 11 is 5.73. The number of hydrogen-bond donors (Lipinski definition) is 3. The molecule has 2 rings (SSSR count). The van der Waals surface area contributed by atoms with Crippen LogP contribution in [-0.2, 0) is 11.0 Å². The molecule has 25 heavy (non-hydrogen) atoms. The molecule has 0 saturated carbocycles. The molecule has 0 spiro atoms. The lowest BCUT2D eigenvalue weighted by atomic mass is 10.1. The third-order valence-corrected chi connectivity index (χ3v) is 3.79. The number of likely N-dealkylation sites (tertiary alicyclic amines) is 1. The SMILES string of the molecule is O=C(CNC(=O)c1cc(C(F)(F)F)ccc1Cl)NC1CN(C(=O)O)C1. The number of nitrogens with zero attached hydrogens (tertiary/aromatic N) is 1. The van der Waals surface area contributed by atoms with E-state index in [1.54, 1.807) is 0 Å². The fourth-order valence-corrected chi connectivity index (χ4v) is 2.34. The van der Waals surface area contributed by atoms with Gasteiger partial charge >= 0.3 is 12.3 Å². The van der Waals surface area contributed by atoms with Crippen molar-refractivity contribution in [2.75, 3.05) is 19.6 Å². The molecule has 0 atom stereocenters. The normalized spacial score (nSPS) is 14.6. The Hall–Kier alpha value is -2.49. The van der Waals surface area contributed by atoms with Gasteiger partial charge in [0, 0.05) is 13.1 Å². The minimum atomic E-state index is -4.63. The Balaban J connectivity index is 1.88. The molecule has 136 valence electrons. The number of nitrogens with one attached hydrogen (secondary N) is 2. The lowest BCUT2D eigenvalue weighted by Crippen LogP contribution is -2.61. The number of rotatable bonds is 4. The fraction of sp³-hybridized carbons (Fsp3) is 0.357. The number of alkyl halides is 3. The maximum atomic E-state index is 12.7. The average molecular weight is 380 g/mol. The highest BCUT2D eigenvalue weighted by Gasteiger charge is 2.32. The van der Waals surface area contributed by atoms with Crippen molar-refractivity contribution in [2.45, 2.75) is 12.2 Å². The third-order valence-electron chi connectivity index (χ3n) is 3.46. The molecule has 1 fully saturated rings. The molecule has 3 amide bonds. The van der Waals surface area contributed by atoms with Gasteiger partial charge in [-0.15, -0.1) is 0 Å². The van der Waals surface area contributed by atoms with Crippen molar-refractivity contribution in [1.82, 2.24) is 15.5 Å². The first-order valence-corrected chi connectivity index (χ1v) is 7.38. The van der Waals surface area contributed by atoms with Gasteiger partial charge in [0.2, 0.25) is 5.91 Å². The second-order valence-corrected chi connectivity index (χ2v) is 5.73. The van der Waals surface area contributed by atoms with Gasteiger partial charge in [-0.1, -0.05) is 11.6 Å². The van der Waals surface area contributed by atoms with E-state index < -0.39 is 41.8 Å². The summed E-state index contributed by atoms with van der Waals surface area (Å²) in [5.74, 6) is -1.52. The lowest BCUT2D eigenvalue weighted by Gasteiger charge is -2.37. The van der Waals surface area contributed by atoms with E-state index in [0.717, 1.165) is 17.0 Å². The van der Waals surface area contributed by atoms with Crippen molar-refractivity contribution in [3.8, 4) is 0 Å². The van der Waals surface area contributed by atoms with E-state index in [4.69, 9.17) is 16.7 Å². The van der Waals surface area contributed by atoms with E-state index in [2.05, 4.69) is 10.6 Å². The Morgan fingerprint density at radius 2 is 1.92 bits per heavy atom. The quantitative estimate of drug-likeness (QED) is 0.739. The summed E-state index contributed by atoms with van der Waals surface area (Å²) in [5.41, 5.74) is -1.43. The smallest absolute Gasteiger partial charge is 0.416 e. The van der Waals surface area contributed by atoms with Gasteiger partial charge in [0.15, 0.2) is 0 Å². The molecule has 11 heteroatoms. The monoisotopic (exact) mass is 379 g/mol. The second-order valence-electron chi connectivity index (χ2n) is 5.33. The van der Waals surface area contributed by atoms with Gasteiger partial charge in [0.1, 0.15) is 0 Å². The molecule has 1 aliphatic rings. The van der Waals surface area contributed by atoms with Crippen molar-refractivity contribution < 1.29 is 32.7 Å². The summed E-state index contributed by atoms with van der Waals surface area (Å²) in [7, 11) is 0. The molecule has 1 heterocycles. The van der Waals surface area contributed by atoms with Gasteiger partial charge in [-0.05, 0) is 18.2 Å². The van der Waals surface area contributed by atoms with Gasteiger partial charge in [0.05, 0.1) is 28.7 Å². The van der Waals surface area contributed by atoms with Crippen LogP contribution < -0.4 is 10.6 Å². The van der Waals surface area contributed by atoms with Crippen LogP contribution in [0.3, 0.4) is 0 Å². The Bertz CT molecular complexity index is 705. The molecule has 0 radical (unpaired) electrons. The Labute approximate surface area is 144 Å². The molecule has 0 bridgehead atoms. The molecule has 3 N–H and O–H groups in total. The Morgan fingerprint density at radius 3 is 2.48 bits per heavy atom. The minimum Gasteiger partial charge on any atom is -0.465 e. The zero-order valence-electron chi connectivity index (χ0n) is 12.6. The van der Waals surface area contributed by atoms with Gasteiger partial charge in [-0.2, -0.15) is 13.2 Å². The second kappa shape index (κ2) is 7.18. The largest absolute Gasteiger partial charge is 0.465 e. The fourth-order valence-electron chi connectivity index (χ4n) is 2.14.